The molecule has 1 heterocycles. The van der Waals surface area contributed by atoms with E-state index in [2.05, 4.69) is 29.3 Å². The first-order chi connectivity index (χ1) is 13.7. The Morgan fingerprint density at radius 1 is 1.14 bits per heavy atom. The first-order valence-electron chi connectivity index (χ1n) is 9.94. The van der Waals surface area contributed by atoms with Gasteiger partial charge in [-0.2, -0.15) is 5.26 Å². The number of thiazole rings is 1. The minimum Gasteiger partial charge on any atom is -0.490 e. The molecule has 1 aliphatic carbocycles. The van der Waals surface area contributed by atoms with E-state index in [-0.39, 0.29) is 6.10 Å². The van der Waals surface area contributed by atoms with Crippen molar-refractivity contribution in [2.45, 2.75) is 53.1 Å². The summed E-state index contributed by atoms with van der Waals surface area (Å²) in [4.78, 5) is 5.82. The predicted molar refractivity (Wildman–Crippen MR) is 117 cm³/mol. The molecule has 0 N–H and O–H groups in total. The van der Waals surface area contributed by atoms with Gasteiger partial charge in [-0.3, -0.25) is 0 Å². The van der Waals surface area contributed by atoms with Crippen molar-refractivity contribution in [1.82, 2.24) is 4.98 Å². The molecule has 144 valence electrons. The van der Waals surface area contributed by atoms with Crippen molar-refractivity contribution in [2.75, 3.05) is 0 Å². The third-order valence-corrected chi connectivity index (χ3v) is 5.71. The Bertz CT molecular complexity index is 998. The van der Waals surface area contributed by atoms with Crippen LogP contribution < -0.4 is 4.74 Å². The second-order valence-electron chi connectivity index (χ2n) is 6.82. The Labute approximate surface area is 171 Å². The smallest absolute Gasteiger partial charge is 0.137 e. The molecule has 1 aromatic heterocycles. The molecule has 0 aliphatic heterocycles. The molecule has 0 amide bonds. The number of hydrogen-bond acceptors (Lipinski definition) is 4. The molecule has 0 unspecified atom stereocenters. The molecule has 0 fully saturated rings. The van der Waals surface area contributed by atoms with Gasteiger partial charge < -0.3 is 4.74 Å². The molecule has 0 saturated heterocycles. The van der Waals surface area contributed by atoms with Gasteiger partial charge in [-0.25, -0.2) is 4.98 Å². The Kier molecular flexibility index (Phi) is 6.49. The van der Waals surface area contributed by atoms with E-state index >= 15 is 0 Å². The number of aromatic nitrogens is 1. The Morgan fingerprint density at radius 3 is 2.71 bits per heavy atom. The maximum absolute atomic E-state index is 9.44. The maximum Gasteiger partial charge on any atom is 0.137 e. The van der Waals surface area contributed by atoms with Gasteiger partial charge in [0.2, 0.25) is 0 Å². The molecule has 4 heteroatoms. The van der Waals surface area contributed by atoms with E-state index in [1.165, 1.54) is 34.4 Å². The maximum atomic E-state index is 9.44. The van der Waals surface area contributed by atoms with Gasteiger partial charge in [0.25, 0.3) is 0 Å². The van der Waals surface area contributed by atoms with E-state index in [0.717, 1.165) is 17.0 Å². The summed E-state index contributed by atoms with van der Waals surface area (Å²) in [6.07, 6.45) is 5.56. The molecule has 0 saturated carbocycles. The zero-order chi connectivity index (χ0) is 20.1. The van der Waals surface area contributed by atoms with Crippen LogP contribution in [0.3, 0.4) is 0 Å². The standard InChI is InChI=1S/C22H20N2OS.C2H6/c1-14(2)25-20-10-9-16(11-17(20)12-23)22-24-13-21(26-22)19-8-4-6-15-5-3-7-18(15)19;1-2/h4,6,8-11,13-14H,3,5,7H2,1-2H3;1-2H3. The molecule has 3 nitrogen and oxygen atoms in total. The van der Waals surface area contributed by atoms with E-state index in [4.69, 9.17) is 4.74 Å². The summed E-state index contributed by atoms with van der Waals surface area (Å²) in [5.41, 5.74) is 5.76. The van der Waals surface area contributed by atoms with Crippen molar-refractivity contribution < 1.29 is 4.74 Å². The van der Waals surface area contributed by atoms with Gasteiger partial charge in [-0.1, -0.05) is 32.0 Å². The highest BCUT2D eigenvalue weighted by molar-refractivity contribution is 7.18. The largest absolute Gasteiger partial charge is 0.490 e. The summed E-state index contributed by atoms with van der Waals surface area (Å²) in [5, 5.41) is 10.4. The van der Waals surface area contributed by atoms with Gasteiger partial charge in [0, 0.05) is 11.8 Å². The van der Waals surface area contributed by atoms with E-state index in [0.29, 0.717) is 11.3 Å². The number of ether oxygens (including phenoxy) is 1. The number of fused-ring (bicyclic) bond motifs is 1. The van der Waals surface area contributed by atoms with Crippen LogP contribution in [-0.2, 0) is 12.8 Å². The van der Waals surface area contributed by atoms with Crippen LogP contribution in [0.4, 0.5) is 0 Å². The van der Waals surface area contributed by atoms with Crippen molar-refractivity contribution in [3.63, 3.8) is 0 Å². The summed E-state index contributed by atoms with van der Waals surface area (Å²) in [7, 11) is 0. The Morgan fingerprint density at radius 2 is 1.96 bits per heavy atom. The fourth-order valence-electron chi connectivity index (χ4n) is 3.49. The van der Waals surface area contributed by atoms with Gasteiger partial charge >= 0.3 is 0 Å². The molecule has 0 radical (unpaired) electrons. The minimum atomic E-state index is 0.0413. The summed E-state index contributed by atoms with van der Waals surface area (Å²) in [6, 6.07) is 14.5. The first kappa shape index (κ1) is 20.1. The SMILES string of the molecule is CC.CC(C)Oc1ccc(-c2ncc(-c3cccc4c3CCC4)s2)cc1C#N. The zero-order valence-electron chi connectivity index (χ0n) is 17.0. The van der Waals surface area contributed by atoms with Crippen LogP contribution in [0.5, 0.6) is 5.75 Å². The van der Waals surface area contributed by atoms with Gasteiger partial charge in [0.1, 0.15) is 16.8 Å². The lowest BCUT2D eigenvalue weighted by atomic mass is 10.0. The molecule has 1 aliphatic rings. The number of benzene rings is 2. The first-order valence-corrected chi connectivity index (χ1v) is 10.8. The summed E-state index contributed by atoms with van der Waals surface area (Å²) < 4.78 is 5.71. The Balaban J connectivity index is 0.00000109. The molecular formula is C24H26N2OS. The molecule has 2 aromatic carbocycles. The molecule has 4 rings (SSSR count). The van der Waals surface area contributed by atoms with Crippen molar-refractivity contribution in [1.29, 1.82) is 5.26 Å². The molecule has 0 bridgehead atoms. The summed E-state index contributed by atoms with van der Waals surface area (Å²) in [5.74, 6) is 0.629. The lowest BCUT2D eigenvalue weighted by Crippen LogP contribution is -2.06. The number of nitrogens with zero attached hydrogens (tertiary/aromatic N) is 2. The zero-order valence-corrected chi connectivity index (χ0v) is 17.8. The quantitative estimate of drug-likeness (QED) is 0.501. The summed E-state index contributed by atoms with van der Waals surface area (Å²) in [6.45, 7) is 7.92. The third-order valence-electron chi connectivity index (χ3n) is 4.63. The lowest BCUT2D eigenvalue weighted by Gasteiger charge is -2.11. The van der Waals surface area contributed by atoms with Crippen LogP contribution >= 0.6 is 11.3 Å². The van der Waals surface area contributed by atoms with E-state index < -0.39 is 0 Å². The molecule has 28 heavy (non-hydrogen) atoms. The highest BCUT2D eigenvalue weighted by Gasteiger charge is 2.17. The van der Waals surface area contributed by atoms with E-state index in [9.17, 15) is 5.26 Å². The predicted octanol–water partition coefficient (Wildman–Crippen LogP) is 6.65. The van der Waals surface area contributed by atoms with E-state index in [1.54, 1.807) is 11.3 Å². The van der Waals surface area contributed by atoms with Crippen molar-refractivity contribution in [2.24, 2.45) is 0 Å². The Hall–Kier alpha value is -2.64. The molecule has 0 spiro atoms. The highest BCUT2D eigenvalue weighted by Crippen LogP contribution is 2.38. The summed E-state index contributed by atoms with van der Waals surface area (Å²) >= 11 is 1.68. The monoisotopic (exact) mass is 390 g/mol. The van der Waals surface area contributed by atoms with Crippen LogP contribution in [0, 0.1) is 11.3 Å². The molecule has 0 atom stereocenters. The number of aryl methyl sites for hydroxylation is 1. The van der Waals surface area contributed by atoms with E-state index in [1.807, 2.05) is 52.1 Å². The van der Waals surface area contributed by atoms with Crippen LogP contribution in [0.2, 0.25) is 0 Å². The van der Waals surface area contributed by atoms with Crippen molar-refractivity contribution >= 4 is 11.3 Å². The second kappa shape index (κ2) is 9.03. The van der Waals surface area contributed by atoms with Crippen LogP contribution in [-0.4, -0.2) is 11.1 Å². The topological polar surface area (TPSA) is 45.9 Å². The van der Waals surface area contributed by atoms with Crippen LogP contribution in [0.25, 0.3) is 21.0 Å². The molecule has 3 aromatic rings. The highest BCUT2D eigenvalue weighted by atomic mass is 32.1. The van der Waals surface area contributed by atoms with Crippen LogP contribution in [0.15, 0.2) is 42.6 Å². The minimum absolute atomic E-state index is 0.0413. The average Bonchev–Trinajstić information content (AvgIpc) is 3.39. The fourth-order valence-corrected chi connectivity index (χ4v) is 4.45. The average molecular weight is 391 g/mol. The third kappa shape index (κ3) is 4.10. The number of hydrogen-bond donors (Lipinski definition) is 0. The van der Waals surface area contributed by atoms with Gasteiger partial charge in [0.15, 0.2) is 0 Å². The number of rotatable bonds is 4. The van der Waals surface area contributed by atoms with Gasteiger partial charge in [0.05, 0.1) is 16.5 Å². The normalized spacial score (nSPS) is 12.1. The van der Waals surface area contributed by atoms with Crippen molar-refractivity contribution in [3.05, 3.63) is 59.3 Å². The van der Waals surface area contributed by atoms with Gasteiger partial charge in [-0.15, -0.1) is 11.3 Å². The lowest BCUT2D eigenvalue weighted by molar-refractivity contribution is 0.242. The molecular weight excluding hydrogens is 364 g/mol. The number of nitriles is 1. The van der Waals surface area contributed by atoms with Gasteiger partial charge in [-0.05, 0) is 68.0 Å². The second-order valence-corrected chi connectivity index (χ2v) is 7.85. The van der Waals surface area contributed by atoms with Crippen molar-refractivity contribution in [3.8, 4) is 32.8 Å². The van der Waals surface area contributed by atoms with Crippen LogP contribution in [0.1, 0.15) is 50.8 Å². The fraction of sp³-hybridized carbons (Fsp3) is 0.333.